The van der Waals surface area contributed by atoms with Crippen molar-refractivity contribution >= 4 is 17.5 Å². The zero-order valence-electron chi connectivity index (χ0n) is 12.6. The molecule has 0 amide bonds. The number of hydrogen-bond acceptors (Lipinski definition) is 4. The minimum Gasteiger partial charge on any atom is -0.478 e. The molecule has 1 aliphatic rings. The standard InChI is InChI=1S/C15H24ClN3O/c1-4-20-13-8-12(3)17-14(18-13)19-15(10-16)7-5-6-11(2)9-15/h8,11H,4-7,9-10H2,1-3H3,(H,17,18,19). The summed E-state index contributed by atoms with van der Waals surface area (Å²) in [6, 6.07) is 1.85. The molecule has 1 aromatic rings. The van der Waals surface area contributed by atoms with Gasteiger partial charge in [-0.25, -0.2) is 4.98 Å². The lowest BCUT2D eigenvalue weighted by atomic mass is 9.77. The van der Waals surface area contributed by atoms with Crippen LogP contribution in [0.15, 0.2) is 6.07 Å². The van der Waals surface area contributed by atoms with Crippen LogP contribution in [0.3, 0.4) is 0 Å². The van der Waals surface area contributed by atoms with Gasteiger partial charge in [-0.2, -0.15) is 4.98 Å². The average Bonchev–Trinajstić information content (AvgIpc) is 2.38. The van der Waals surface area contributed by atoms with Crippen LogP contribution in [0.1, 0.15) is 45.2 Å². The molecule has 0 aliphatic heterocycles. The summed E-state index contributed by atoms with van der Waals surface area (Å²) in [5.74, 6) is 2.52. The molecule has 1 aromatic heterocycles. The van der Waals surface area contributed by atoms with E-state index >= 15 is 0 Å². The van der Waals surface area contributed by atoms with E-state index in [1.807, 2.05) is 19.9 Å². The lowest BCUT2D eigenvalue weighted by molar-refractivity contribution is 0.277. The highest BCUT2D eigenvalue weighted by atomic mass is 35.5. The molecule has 0 bridgehead atoms. The summed E-state index contributed by atoms with van der Waals surface area (Å²) in [5.41, 5.74) is 0.816. The van der Waals surface area contributed by atoms with Crippen LogP contribution in [-0.2, 0) is 0 Å². The van der Waals surface area contributed by atoms with Gasteiger partial charge in [0.25, 0.3) is 0 Å². The van der Waals surface area contributed by atoms with Gasteiger partial charge in [-0.15, -0.1) is 11.6 Å². The van der Waals surface area contributed by atoms with Crippen LogP contribution in [0.5, 0.6) is 5.88 Å². The molecule has 5 heteroatoms. The Bertz CT molecular complexity index is 455. The molecular weight excluding hydrogens is 274 g/mol. The number of nitrogens with zero attached hydrogens (tertiary/aromatic N) is 2. The van der Waals surface area contributed by atoms with Gasteiger partial charge in [0.1, 0.15) is 0 Å². The topological polar surface area (TPSA) is 47.0 Å². The summed E-state index contributed by atoms with van der Waals surface area (Å²) in [5, 5.41) is 3.48. The van der Waals surface area contributed by atoms with Crippen LogP contribution in [0.4, 0.5) is 5.95 Å². The van der Waals surface area contributed by atoms with Crippen molar-refractivity contribution in [2.24, 2.45) is 5.92 Å². The van der Waals surface area contributed by atoms with Crippen LogP contribution in [-0.4, -0.2) is 28.0 Å². The molecule has 2 rings (SSSR count). The van der Waals surface area contributed by atoms with Crippen LogP contribution in [0.25, 0.3) is 0 Å². The lowest BCUT2D eigenvalue weighted by Crippen LogP contribution is -2.44. The first-order valence-electron chi connectivity index (χ1n) is 7.39. The molecule has 0 saturated heterocycles. The third kappa shape index (κ3) is 3.75. The predicted octanol–water partition coefficient (Wildman–Crippen LogP) is 3.78. The summed E-state index contributed by atoms with van der Waals surface area (Å²) >= 11 is 6.24. The van der Waals surface area contributed by atoms with E-state index in [1.165, 1.54) is 12.8 Å². The van der Waals surface area contributed by atoms with Crippen molar-refractivity contribution in [2.45, 2.75) is 52.0 Å². The Morgan fingerprint density at radius 3 is 2.95 bits per heavy atom. The van der Waals surface area contributed by atoms with E-state index in [0.29, 0.717) is 30.2 Å². The first kappa shape index (κ1) is 15.4. The van der Waals surface area contributed by atoms with Gasteiger partial charge in [-0.3, -0.25) is 0 Å². The van der Waals surface area contributed by atoms with Crippen molar-refractivity contribution < 1.29 is 4.74 Å². The number of anilines is 1. The molecule has 1 saturated carbocycles. The van der Waals surface area contributed by atoms with E-state index in [2.05, 4.69) is 22.2 Å². The molecule has 1 fully saturated rings. The van der Waals surface area contributed by atoms with Crippen molar-refractivity contribution in [2.75, 3.05) is 17.8 Å². The van der Waals surface area contributed by atoms with Crippen LogP contribution in [0.2, 0.25) is 0 Å². The number of alkyl halides is 1. The maximum absolute atomic E-state index is 6.24. The summed E-state index contributed by atoms with van der Waals surface area (Å²) in [4.78, 5) is 8.90. The minimum atomic E-state index is -0.0868. The second kappa shape index (κ2) is 6.61. The van der Waals surface area contributed by atoms with Crippen molar-refractivity contribution in [3.05, 3.63) is 11.8 Å². The molecule has 4 nitrogen and oxygen atoms in total. The Hall–Kier alpha value is -1.03. The Morgan fingerprint density at radius 2 is 2.30 bits per heavy atom. The molecule has 1 N–H and O–H groups in total. The average molecular weight is 298 g/mol. The van der Waals surface area contributed by atoms with E-state index < -0.39 is 0 Å². The quantitative estimate of drug-likeness (QED) is 0.840. The molecule has 2 unspecified atom stereocenters. The Balaban J connectivity index is 2.18. The third-order valence-corrected chi connectivity index (χ3v) is 4.36. The van der Waals surface area contributed by atoms with Crippen LogP contribution in [0, 0.1) is 12.8 Å². The third-order valence-electron chi connectivity index (χ3n) is 3.85. The first-order valence-corrected chi connectivity index (χ1v) is 7.93. The number of halogens is 1. The van der Waals surface area contributed by atoms with E-state index in [1.54, 1.807) is 0 Å². The van der Waals surface area contributed by atoms with Gasteiger partial charge in [0.2, 0.25) is 11.8 Å². The second-order valence-electron chi connectivity index (χ2n) is 5.84. The van der Waals surface area contributed by atoms with Gasteiger partial charge in [-0.05, 0) is 32.6 Å². The lowest BCUT2D eigenvalue weighted by Gasteiger charge is -2.39. The number of aromatic nitrogens is 2. The highest BCUT2D eigenvalue weighted by Crippen LogP contribution is 2.35. The summed E-state index contributed by atoms with van der Waals surface area (Å²) in [7, 11) is 0. The number of ether oxygens (including phenoxy) is 1. The van der Waals surface area contributed by atoms with E-state index in [4.69, 9.17) is 16.3 Å². The minimum absolute atomic E-state index is 0.0868. The predicted molar refractivity (Wildman–Crippen MR) is 82.6 cm³/mol. The SMILES string of the molecule is CCOc1cc(C)nc(NC2(CCl)CCCC(C)C2)n1. The van der Waals surface area contributed by atoms with Crippen molar-refractivity contribution in [1.29, 1.82) is 0 Å². The Kier molecular flexibility index (Phi) is 5.08. The Morgan fingerprint density at radius 1 is 1.50 bits per heavy atom. The molecule has 1 aliphatic carbocycles. The normalized spacial score (nSPS) is 26.3. The molecule has 20 heavy (non-hydrogen) atoms. The zero-order chi connectivity index (χ0) is 14.6. The molecule has 0 aromatic carbocycles. The fourth-order valence-corrected chi connectivity index (χ4v) is 3.29. The summed E-state index contributed by atoms with van der Waals surface area (Å²) in [6.45, 7) is 6.79. The largest absolute Gasteiger partial charge is 0.478 e. The zero-order valence-corrected chi connectivity index (χ0v) is 13.3. The molecular formula is C15H24ClN3O. The van der Waals surface area contributed by atoms with Gasteiger partial charge in [-0.1, -0.05) is 19.8 Å². The highest BCUT2D eigenvalue weighted by Gasteiger charge is 2.35. The van der Waals surface area contributed by atoms with Gasteiger partial charge < -0.3 is 10.1 Å². The van der Waals surface area contributed by atoms with Crippen molar-refractivity contribution in [3.63, 3.8) is 0 Å². The monoisotopic (exact) mass is 297 g/mol. The van der Waals surface area contributed by atoms with Crippen molar-refractivity contribution in [3.8, 4) is 5.88 Å². The maximum atomic E-state index is 6.24. The fourth-order valence-electron chi connectivity index (χ4n) is 2.98. The van der Waals surface area contributed by atoms with Gasteiger partial charge >= 0.3 is 0 Å². The van der Waals surface area contributed by atoms with Crippen molar-refractivity contribution in [1.82, 2.24) is 9.97 Å². The summed E-state index contributed by atoms with van der Waals surface area (Å²) in [6.07, 6.45) is 4.62. The second-order valence-corrected chi connectivity index (χ2v) is 6.11. The number of aryl methyl sites for hydroxylation is 1. The van der Waals surface area contributed by atoms with E-state index in [0.717, 1.165) is 18.5 Å². The summed E-state index contributed by atoms with van der Waals surface area (Å²) < 4.78 is 5.48. The molecule has 112 valence electrons. The molecule has 2 atom stereocenters. The maximum Gasteiger partial charge on any atom is 0.226 e. The van der Waals surface area contributed by atoms with Gasteiger partial charge in [0.15, 0.2) is 0 Å². The van der Waals surface area contributed by atoms with Gasteiger partial charge in [0, 0.05) is 17.6 Å². The number of rotatable bonds is 5. The van der Waals surface area contributed by atoms with Gasteiger partial charge in [0.05, 0.1) is 12.1 Å². The van der Waals surface area contributed by atoms with E-state index in [-0.39, 0.29) is 5.54 Å². The first-order chi connectivity index (χ1) is 9.57. The molecule has 0 spiro atoms. The van der Waals surface area contributed by atoms with Crippen LogP contribution < -0.4 is 10.1 Å². The number of hydrogen-bond donors (Lipinski definition) is 1. The van der Waals surface area contributed by atoms with E-state index in [9.17, 15) is 0 Å². The highest BCUT2D eigenvalue weighted by molar-refractivity contribution is 6.18. The Labute approximate surface area is 126 Å². The van der Waals surface area contributed by atoms with Crippen LogP contribution >= 0.6 is 11.6 Å². The molecule has 1 heterocycles. The number of nitrogens with one attached hydrogen (secondary N) is 1. The smallest absolute Gasteiger partial charge is 0.226 e. The molecule has 0 radical (unpaired) electrons. The fraction of sp³-hybridized carbons (Fsp3) is 0.733.